The Labute approximate surface area is 145 Å². The van der Waals surface area contributed by atoms with E-state index in [-0.39, 0.29) is 11.3 Å². The largest absolute Gasteiger partial charge is 0.273 e. The van der Waals surface area contributed by atoms with E-state index in [0.29, 0.717) is 6.42 Å². The standard InChI is InChI=1S/C19H21BrN2O/c1-19(2,3)16-8-4-15(5-9-16)13-21-22-18(23)12-14-6-10-17(20)11-7-14/h4-11,13H,12H2,1-3H3,(H,22,23)/b21-13+. The molecule has 1 amide bonds. The van der Waals surface area contributed by atoms with E-state index in [1.807, 2.05) is 36.4 Å². The van der Waals surface area contributed by atoms with E-state index in [0.717, 1.165) is 15.6 Å². The highest BCUT2D eigenvalue weighted by Crippen LogP contribution is 2.21. The molecule has 3 nitrogen and oxygen atoms in total. The molecule has 0 spiro atoms. The van der Waals surface area contributed by atoms with Gasteiger partial charge in [-0.2, -0.15) is 5.10 Å². The molecule has 0 aliphatic heterocycles. The fraction of sp³-hybridized carbons (Fsp3) is 0.263. The Balaban J connectivity index is 1.88. The van der Waals surface area contributed by atoms with Crippen molar-refractivity contribution in [3.05, 3.63) is 69.7 Å². The van der Waals surface area contributed by atoms with Crippen molar-refractivity contribution in [1.82, 2.24) is 5.43 Å². The normalized spacial score (nSPS) is 11.7. The number of hydrazone groups is 1. The average Bonchev–Trinajstić information content (AvgIpc) is 2.49. The van der Waals surface area contributed by atoms with Crippen molar-refractivity contribution in [3.8, 4) is 0 Å². The minimum Gasteiger partial charge on any atom is -0.273 e. The monoisotopic (exact) mass is 372 g/mol. The molecule has 2 rings (SSSR count). The first-order chi connectivity index (χ1) is 10.8. The highest BCUT2D eigenvalue weighted by molar-refractivity contribution is 9.10. The maximum atomic E-state index is 11.8. The molecule has 2 aromatic rings. The van der Waals surface area contributed by atoms with Crippen LogP contribution < -0.4 is 5.43 Å². The lowest BCUT2D eigenvalue weighted by molar-refractivity contribution is -0.120. The molecule has 0 saturated heterocycles. The summed E-state index contributed by atoms with van der Waals surface area (Å²) in [4.78, 5) is 11.8. The van der Waals surface area contributed by atoms with Gasteiger partial charge in [0.2, 0.25) is 5.91 Å². The second-order valence-electron chi connectivity index (χ2n) is 6.47. The van der Waals surface area contributed by atoms with Gasteiger partial charge in [-0.1, -0.05) is 73.1 Å². The maximum absolute atomic E-state index is 11.8. The molecule has 0 bridgehead atoms. The number of halogens is 1. The van der Waals surface area contributed by atoms with Crippen molar-refractivity contribution in [3.63, 3.8) is 0 Å². The molecule has 0 saturated carbocycles. The molecule has 0 heterocycles. The zero-order valence-corrected chi connectivity index (χ0v) is 15.2. The van der Waals surface area contributed by atoms with Gasteiger partial charge in [-0.15, -0.1) is 0 Å². The zero-order valence-electron chi connectivity index (χ0n) is 13.6. The fourth-order valence-corrected chi connectivity index (χ4v) is 2.34. The Hall–Kier alpha value is -1.94. The number of rotatable bonds is 4. The van der Waals surface area contributed by atoms with Gasteiger partial charge in [0.15, 0.2) is 0 Å². The third kappa shape index (κ3) is 5.64. The van der Waals surface area contributed by atoms with Crippen molar-refractivity contribution in [2.45, 2.75) is 32.6 Å². The third-order valence-electron chi connectivity index (χ3n) is 3.46. The van der Waals surface area contributed by atoms with E-state index in [2.05, 4.69) is 59.4 Å². The maximum Gasteiger partial charge on any atom is 0.244 e. The molecule has 0 aliphatic carbocycles. The zero-order chi connectivity index (χ0) is 16.9. The number of hydrogen-bond acceptors (Lipinski definition) is 2. The van der Waals surface area contributed by atoms with Gasteiger partial charge in [0, 0.05) is 4.47 Å². The molecular formula is C19H21BrN2O. The molecular weight excluding hydrogens is 352 g/mol. The summed E-state index contributed by atoms with van der Waals surface area (Å²) in [6.07, 6.45) is 1.97. The summed E-state index contributed by atoms with van der Waals surface area (Å²) in [6.45, 7) is 6.54. The smallest absolute Gasteiger partial charge is 0.244 e. The van der Waals surface area contributed by atoms with Gasteiger partial charge in [0.25, 0.3) is 0 Å². The van der Waals surface area contributed by atoms with Crippen molar-refractivity contribution >= 4 is 28.1 Å². The van der Waals surface area contributed by atoms with Gasteiger partial charge >= 0.3 is 0 Å². The molecule has 0 fully saturated rings. The summed E-state index contributed by atoms with van der Waals surface area (Å²) in [6, 6.07) is 15.9. The first-order valence-corrected chi connectivity index (χ1v) is 8.31. The molecule has 4 heteroatoms. The Morgan fingerprint density at radius 2 is 1.70 bits per heavy atom. The van der Waals surface area contributed by atoms with Crippen LogP contribution in [-0.2, 0) is 16.6 Å². The topological polar surface area (TPSA) is 41.5 Å². The van der Waals surface area contributed by atoms with Gasteiger partial charge in [-0.3, -0.25) is 4.79 Å². The van der Waals surface area contributed by atoms with Crippen molar-refractivity contribution < 1.29 is 4.79 Å². The van der Waals surface area contributed by atoms with Crippen LogP contribution in [-0.4, -0.2) is 12.1 Å². The number of nitrogens with one attached hydrogen (secondary N) is 1. The molecule has 0 atom stereocenters. The van der Waals surface area contributed by atoms with E-state index in [1.54, 1.807) is 6.21 Å². The fourth-order valence-electron chi connectivity index (χ4n) is 2.08. The number of carbonyl (C=O) groups excluding carboxylic acids is 1. The first-order valence-electron chi connectivity index (χ1n) is 7.51. The summed E-state index contributed by atoms with van der Waals surface area (Å²) in [5.41, 5.74) is 5.88. The first kappa shape index (κ1) is 17.4. The summed E-state index contributed by atoms with van der Waals surface area (Å²) in [7, 11) is 0. The summed E-state index contributed by atoms with van der Waals surface area (Å²) < 4.78 is 0.999. The molecule has 0 aromatic heterocycles. The van der Waals surface area contributed by atoms with Crippen LogP contribution >= 0.6 is 15.9 Å². The molecule has 1 N–H and O–H groups in total. The summed E-state index contributed by atoms with van der Waals surface area (Å²) in [5.74, 6) is -0.130. The molecule has 120 valence electrons. The molecule has 0 radical (unpaired) electrons. The van der Waals surface area contributed by atoms with Gasteiger partial charge in [-0.05, 0) is 34.2 Å². The van der Waals surface area contributed by atoms with Crippen molar-refractivity contribution in [2.75, 3.05) is 0 Å². The van der Waals surface area contributed by atoms with E-state index < -0.39 is 0 Å². The highest BCUT2D eigenvalue weighted by atomic mass is 79.9. The predicted octanol–water partition coefficient (Wildman–Crippen LogP) is 4.44. The van der Waals surface area contributed by atoms with Crippen LogP contribution in [0.2, 0.25) is 0 Å². The number of benzene rings is 2. The van der Waals surface area contributed by atoms with Gasteiger partial charge < -0.3 is 0 Å². The minimum atomic E-state index is -0.130. The van der Waals surface area contributed by atoms with E-state index in [1.165, 1.54) is 5.56 Å². The quantitative estimate of drug-likeness (QED) is 0.625. The Morgan fingerprint density at radius 3 is 2.26 bits per heavy atom. The lowest BCUT2D eigenvalue weighted by atomic mass is 9.87. The minimum absolute atomic E-state index is 0.130. The summed E-state index contributed by atoms with van der Waals surface area (Å²) >= 11 is 3.37. The summed E-state index contributed by atoms with van der Waals surface area (Å²) in [5, 5.41) is 4.01. The van der Waals surface area contributed by atoms with Crippen LogP contribution in [0.1, 0.15) is 37.5 Å². The lowest BCUT2D eigenvalue weighted by Crippen LogP contribution is -2.19. The van der Waals surface area contributed by atoms with Crippen LogP contribution in [0.15, 0.2) is 58.1 Å². The average molecular weight is 373 g/mol. The van der Waals surface area contributed by atoms with Gasteiger partial charge in [-0.25, -0.2) is 5.43 Å². The van der Waals surface area contributed by atoms with Crippen LogP contribution in [0, 0.1) is 0 Å². The van der Waals surface area contributed by atoms with Crippen LogP contribution in [0.25, 0.3) is 0 Å². The Kier molecular flexibility index (Phi) is 5.72. The lowest BCUT2D eigenvalue weighted by Gasteiger charge is -2.18. The van der Waals surface area contributed by atoms with Crippen molar-refractivity contribution in [1.29, 1.82) is 0 Å². The number of amides is 1. The molecule has 2 aromatic carbocycles. The highest BCUT2D eigenvalue weighted by Gasteiger charge is 2.12. The van der Waals surface area contributed by atoms with E-state index in [9.17, 15) is 4.79 Å². The van der Waals surface area contributed by atoms with E-state index >= 15 is 0 Å². The van der Waals surface area contributed by atoms with Crippen LogP contribution in [0.5, 0.6) is 0 Å². The Bertz CT molecular complexity index is 683. The van der Waals surface area contributed by atoms with Gasteiger partial charge in [0.05, 0.1) is 12.6 Å². The third-order valence-corrected chi connectivity index (χ3v) is 3.99. The molecule has 0 unspecified atom stereocenters. The molecule has 23 heavy (non-hydrogen) atoms. The second kappa shape index (κ2) is 7.55. The predicted molar refractivity (Wildman–Crippen MR) is 98.7 cm³/mol. The molecule has 0 aliphatic rings. The SMILES string of the molecule is CC(C)(C)c1ccc(/C=N/NC(=O)Cc2ccc(Br)cc2)cc1. The van der Waals surface area contributed by atoms with E-state index in [4.69, 9.17) is 0 Å². The second-order valence-corrected chi connectivity index (χ2v) is 7.38. The number of carbonyl (C=O) groups is 1. The van der Waals surface area contributed by atoms with Crippen LogP contribution in [0.3, 0.4) is 0 Å². The van der Waals surface area contributed by atoms with Crippen molar-refractivity contribution in [2.24, 2.45) is 5.10 Å². The Morgan fingerprint density at radius 1 is 1.09 bits per heavy atom. The number of nitrogens with zero attached hydrogens (tertiary/aromatic N) is 1. The van der Waals surface area contributed by atoms with Gasteiger partial charge in [0.1, 0.15) is 0 Å². The number of hydrogen-bond donors (Lipinski definition) is 1. The van der Waals surface area contributed by atoms with Crippen LogP contribution in [0.4, 0.5) is 0 Å².